The summed E-state index contributed by atoms with van der Waals surface area (Å²) in [7, 11) is 0. The van der Waals surface area contributed by atoms with Gasteiger partial charge in [-0.05, 0) is 40.1 Å². The topological polar surface area (TPSA) is 43.1 Å². The Morgan fingerprint density at radius 1 is 0.964 bits per heavy atom. The van der Waals surface area contributed by atoms with Gasteiger partial charge in [0.05, 0.1) is 21.4 Å². The first-order chi connectivity index (χ1) is 13.3. The molecule has 7 heteroatoms. The van der Waals surface area contributed by atoms with Crippen molar-refractivity contribution >= 4 is 49.8 Å². The molecule has 1 unspecified atom stereocenters. The molecule has 28 heavy (non-hydrogen) atoms. The largest absolute Gasteiger partial charge is 0.417 e. The lowest BCUT2D eigenvalue weighted by atomic mass is 9.95. The average Bonchev–Trinajstić information content (AvgIpc) is 2.95. The van der Waals surface area contributed by atoms with E-state index in [2.05, 4.69) is 15.9 Å². The molecule has 0 amide bonds. The van der Waals surface area contributed by atoms with E-state index in [-0.39, 0.29) is 26.4 Å². The van der Waals surface area contributed by atoms with Gasteiger partial charge in [0.25, 0.3) is 0 Å². The molecule has 0 aromatic heterocycles. The van der Waals surface area contributed by atoms with E-state index in [4.69, 9.17) is 5.73 Å². The lowest BCUT2D eigenvalue weighted by molar-refractivity contribution is -0.138. The zero-order valence-electron chi connectivity index (χ0n) is 14.3. The van der Waals surface area contributed by atoms with Gasteiger partial charge in [-0.3, -0.25) is 4.79 Å². The van der Waals surface area contributed by atoms with Crippen molar-refractivity contribution in [3.8, 4) is 0 Å². The Morgan fingerprint density at radius 3 is 2.39 bits per heavy atom. The van der Waals surface area contributed by atoms with Gasteiger partial charge in [0, 0.05) is 4.47 Å². The second kappa shape index (κ2) is 6.97. The van der Waals surface area contributed by atoms with Crippen LogP contribution in [0.5, 0.6) is 0 Å². The van der Waals surface area contributed by atoms with Crippen LogP contribution in [0.1, 0.15) is 21.9 Å². The van der Waals surface area contributed by atoms with Crippen molar-refractivity contribution < 1.29 is 18.0 Å². The highest BCUT2D eigenvalue weighted by atomic mass is 79.9. The molecule has 2 N–H and O–H groups in total. The molecule has 3 aromatic carbocycles. The molecule has 1 atom stereocenters. The third-order valence-corrected chi connectivity index (χ3v) is 6.48. The number of fused-ring (bicyclic) bond motifs is 1. The van der Waals surface area contributed by atoms with Crippen LogP contribution in [0.3, 0.4) is 0 Å². The first-order valence-corrected chi connectivity index (χ1v) is 9.99. The van der Waals surface area contributed by atoms with Crippen molar-refractivity contribution in [1.29, 1.82) is 0 Å². The molecule has 0 aliphatic carbocycles. The molecule has 0 radical (unpaired) electrons. The monoisotopic (exact) mass is 463 g/mol. The smallest absolute Gasteiger partial charge is 0.393 e. The van der Waals surface area contributed by atoms with Gasteiger partial charge in [-0.25, -0.2) is 0 Å². The average molecular weight is 464 g/mol. The van der Waals surface area contributed by atoms with Crippen molar-refractivity contribution in [3.05, 3.63) is 86.9 Å². The number of carbonyl (C=O) groups excluding carboxylic acids is 1. The lowest BCUT2D eigenvalue weighted by Gasteiger charge is -2.13. The zero-order chi connectivity index (χ0) is 20.1. The van der Waals surface area contributed by atoms with Gasteiger partial charge in [0.15, 0.2) is 5.78 Å². The van der Waals surface area contributed by atoms with E-state index in [0.29, 0.717) is 0 Å². The molecular formula is C21H13BrF3NOS. The van der Waals surface area contributed by atoms with Crippen LogP contribution in [0.2, 0.25) is 0 Å². The number of alkyl halides is 3. The van der Waals surface area contributed by atoms with E-state index in [1.807, 2.05) is 42.5 Å². The molecule has 1 aliphatic heterocycles. The van der Waals surface area contributed by atoms with Gasteiger partial charge in [-0.1, -0.05) is 70.2 Å². The number of ketones is 1. The van der Waals surface area contributed by atoms with Crippen LogP contribution in [0.25, 0.3) is 16.3 Å². The summed E-state index contributed by atoms with van der Waals surface area (Å²) in [6.45, 7) is 0. The van der Waals surface area contributed by atoms with E-state index in [9.17, 15) is 18.0 Å². The Labute approximate surface area is 171 Å². The Morgan fingerprint density at radius 2 is 1.68 bits per heavy atom. The summed E-state index contributed by atoms with van der Waals surface area (Å²) < 4.78 is 39.6. The summed E-state index contributed by atoms with van der Waals surface area (Å²) in [6.07, 6.45) is -4.53. The fourth-order valence-corrected chi connectivity index (χ4v) is 4.83. The second-order valence-corrected chi connectivity index (χ2v) is 8.40. The predicted molar refractivity (Wildman–Crippen MR) is 110 cm³/mol. The van der Waals surface area contributed by atoms with Gasteiger partial charge >= 0.3 is 6.18 Å². The van der Waals surface area contributed by atoms with Crippen LogP contribution in [0, 0.1) is 0 Å². The number of hydrogen-bond donors (Lipinski definition) is 1. The summed E-state index contributed by atoms with van der Waals surface area (Å²) in [5, 5.41) is 1.70. The van der Waals surface area contributed by atoms with Crippen molar-refractivity contribution in [1.82, 2.24) is 0 Å². The highest BCUT2D eigenvalue weighted by Crippen LogP contribution is 2.47. The van der Waals surface area contributed by atoms with E-state index in [1.54, 1.807) is 0 Å². The molecule has 1 aliphatic rings. The molecule has 0 fully saturated rings. The molecule has 4 rings (SSSR count). The summed E-state index contributed by atoms with van der Waals surface area (Å²) in [6, 6.07) is 17.2. The standard InChI is InChI=1S/C21H13BrF3NOS/c22-16-8-7-13(10-15(16)21(23,24)25)17-18(27)19(28-20(17)26)14-6-5-11-3-1-2-4-12(11)9-14/h1-10,19H,26H2. The van der Waals surface area contributed by atoms with Crippen LogP contribution in [0.15, 0.2) is 70.2 Å². The summed E-state index contributed by atoms with van der Waals surface area (Å²) in [5.74, 6) is -0.284. The first kappa shape index (κ1) is 19.1. The van der Waals surface area contributed by atoms with Crippen LogP contribution < -0.4 is 5.73 Å². The molecule has 2 nitrogen and oxygen atoms in total. The number of benzene rings is 3. The van der Waals surface area contributed by atoms with Gasteiger partial charge in [-0.15, -0.1) is 0 Å². The number of rotatable bonds is 2. The van der Waals surface area contributed by atoms with E-state index in [0.717, 1.165) is 22.4 Å². The third-order valence-electron chi connectivity index (χ3n) is 4.61. The summed E-state index contributed by atoms with van der Waals surface area (Å²) in [5.41, 5.74) is 6.32. The highest BCUT2D eigenvalue weighted by molar-refractivity contribution is 9.10. The molecular weight excluding hydrogens is 451 g/mol. The summed E-state index contributed by atoms with van der Waals surface area (Å²) in [4.78, 5) is 13.0. The van der Waals surface area contributed by atoms with Crippen molar-refractivity contribution in [2.75, 3.05) is 0 Å². The Kier molecular flexibility index (Phi) is 4.75. The second-order valence-electron chi connectivity index (χ2n) is 6.40. The van der Waals surface area contributed by atoms with Gasteiger partial charge in [-0.2, -0.15) is 13.2 Å². The van der Waals surface area contributed by atoms with Crippen LogP contribution in [0.4, 0.5) is 13.2 Å². The quantitative estimate of drug-likeness (QED) is 0.484. The number of hydrogen-bond acceptors (Lipinski definition) is 3. The molecule has 0 saturated carbocycles. The maximum Gasteiger partial charge on any atom is 0.417 e. The van der Waals surface area contributed by atoms with Gasteiger partial charge in [0.2, 0.25) is 0 Å². The molecule has 3 aromatic rings. The van der Waals surface area contributed by atoms with Crippen LogP contribution in [-0.4, -0.2) is 5.78 Å². The number of halogens is 4. The Bertz CT molecular complexity index is 1140. The van der Waals surface area contributed by atoms with E-state index >= 15 is 0 Å². The molecule has 0 spiro atoms. The number of Topliss-reactive ketones (excluding diaryl/α,β-unsaturated/α-hetero) is 1. The van der Waals surface area contributed by atoms with E-state index in [1.165, 1.54) is 23.9 Å². The van der Waals surface area contributed by atoms with Crippen LogP contribution in [-0.2, 0) is 11.0 Å². The predicted octanol–water partition coefficient (Wildman–Crippen LogP) is 6.31. The van der Waals surface area contributed by atoms with Gasteiger partial charge in [0.1, 0.15) is 0 Å². The maximum atomic E-state index is 13.2. The summed E-state index contributed by atoms with van der Waals surface area (Å²) >= 11 is 4.09. The number of carbonyl (C=O) groups is 1. The SMILES string of the molecule is NC1=C(c2ccc(Br)c(C(F)(F)F)c2)C(=O)C(c2ccc3ccccc3c2)S1. The lowest BCUT2D eigenvalue weighted by Crippen LogP contribution is -2.10. The van der Waals surface area contributed by atoms with Crippen molar-refractivity contribution in [2.45, 2.75) is 11.4 Å². The highest BCUT2D eigenvalue weighted by Gasteiger charge is 2.37. The Balaban J connectivity index is 1.72. The molecule has 0 bridgehead atoms. The fraction of sp³-hybridized carbons (Fsp3) is 0.0952. The number of allylic oxidation sites excluding steroid dienone is 1. The van der Waals surface area contributed by atoms with Crippen LogP contribution >= 0.6 is 27.7 Å². The Hall–Kier alpha value is -2.25. The number of nitrogens with two attached hydrogens (primary N) is 1. The molecule has 0 saturated heterocycles. The minimum Gasteiger partial charge on any atom is -0.393 e. The zero-order valence-corrected chi connectivity index (χ0v) is 16.7. The van der Waals surface area contributed by atoms with Crippen molar-refractivity contribution in [3.63, 3.8) is 0 Å². The minimum atomic E-state index is -4.53. The first-order valence-electron chi connectivity index (χ1n) is 8.32. The minimum absolute atomic E-state index is 0.0768. The van der Waals surface area contributed by atoms with Crippen molar-refractivity contribution in [2.24, 2.45) is 5.73 Å². The van der Waals surface area contributed by atoms with Gasteiger partial charge < -0.3 is 5.73 Å². The maximum absolute atomic E-state index is 13.2. The normalized spacial score (nSPS) is 17.6. The number of thioether (sulfide) groups is 1. The molecule has 1 heterocycles. The fourth-order valence-electron chi connectivity index (χ4n) is 3.26. The molecule has 142 valence electrons. The van der Waals surface area contributed by atoms with E-state index < -0.39 is 17.0 Å². The third kappa shape index (κ3) is 3.33.